The maximum absolute atomic E-state index is 12.7. The third-order valence-corrected chi connectivity index (χ3v) is 4.38. The van der Waals surface area contributed by atoms with Crippen molar-refractivity contribution >= 4 is 15.9 Å². The molecule has 2 N–H and O–H groups in total. The molecule has 2 nitrogen and oxygen atoms in total. The van der Waals surface area contributed by atoms with Gasteiger partial charge in [-0.15, -0.1) is 0 Å². The van der Waals surface area contributed by atoms with Gasteiger partial charge in [-0.05, 0) is 43.6 Å². The number of benzene rings is 1. The molecule has 0 aliphatic carbocycles. The Bertz CT molecular complexity index is 442. The number of alkyl halides is 3. The molecule has 0 saturated carbocycles. The molecule has 1 aromatic rings. The highest BCUT2D eigenvalue weighted by Gasteiger charge is 2.41. The Morgan fingerprint density at radius 1 is 1.30 bits per heavy atom. The van der Waals surface area contributed by atoms with E-state index in [1.165, 1.54) is 0 Å². The maximum Gasteiger partial charge on any atom is 0.391 e. The fourth-order valence-electron chi connectivity index (χ4n) is 2.75. The van der Waals surface area contributed by atoms with Crippen molar-refractivity contribution in [1.82, 2.24) is 4.90 Å². The van der Waals surface area contributed by atoms with Crippen molar-refractivity contribution in [3.05, 3.63) is 34.3 Å². The molecule has 0 aromatic heterocycles. The summed E-state index contributed by atoms with van der Waals surface area (Å²) in [4.78, 5) is 2.06. The van der Waals surface area contributed by atoms with Crippen molar-refractivity contribution in [3.63, 3.8) is 0 Å². The van der Waals surface area contributed by atoms with Crippen LogP contribution in [0.4, 0.5) is 13.2 Å². The van der Waals surface area contributed by atoms with Gasteiger partial charge in [0.1, 0.15) is 0 Å². The standard InChI is InChI=1S/C14H18BrF3N2/c15-12-3-1-2-10(8-12)13(9-19)20-6-4-11(5-7-20)14(16,17)18/h1-3,8,11,13H,4-7,9,19H2. The monoisotopic (exact) mass is 350 g/mol. The van der Waals surface area contributed by atoms with E-state index in [-0.39, 0.29) is 18.9 Å². The zero-order valence-electron chi connectivity index (χ0n) is 11.0. The van der Waals surface area contributed by atoms with E-state index >= 15 is 0 Å². The molecule has 0 radical (unpaired) electrons. The van der Waals surface area contributed by atoms with Gasteiger partial charge in [-0.25, -0.2) is 0 Å². The summed E-state index contributed by atoms with van der Waals surface area (Å²) in [6.07, 6.45) is -3.75. The van der Waals surface area contributed by atoms with Crippen molar-refractivity contribution in [1.29, 1.82) is 0 Å². The summed E-state index contributed by atoms with van der Waals surface area (Å²) in [7, 11) is 0. The Morgan fingerprint density at radius 3 is 2.45 bits per heavy atom. The van der Waals surface area contributed by atoms with E-state index in [1.54, 1.807) is 0 Å². The second-order valence-electron chi connectivity index (χ2n) is 5.16. The lowest BCUT2D eigenvalue weighted by Crippen LogP contribution is -2.42. The fourth-order valence-corrected chi connectivity index (χ4v) is 3.17. The number of hydrogen-bond acceptors (Lipinski definition) is 2. The number of hydrogen-bond donors (Lipinski definition) is 1. The largest absolute Gasteiger partial charge is 0.391 e. The zero-order valence-corrected chi connectivity index (χ0v) is 12.6. The van der Waals surface area contributed by atoms with E-state index in [9.17, 15) is 13.2 Å². The zero-order chi connectivity index (χ0) is 14.8. The Morgan fingerprint density at radius 2 is 1.95 bits per heavy atom. The average Bonchev–Trinajstić information content (AvgIpc) is 2.39. The number of nitrogens with zero attached hydrogens (tertiary/aromatic N) is 1. The van der Waals surface area contributed by atoms with Crippen molar-refractivity contribution in [2.24, 2.45) is 11.7 Å². The van der Waals surface area contributed by atoms with Crippen LogP contribution in [0.3, 0.4) is 0 Å². The third kappa shape index (κ3) is 3.74. The van der Waals surface area contributed by atoms with Crippen molar-refractivity contribution in [2.75, 3.05) is 19.6 Å². The number of nitrogens with two attached hydrogens (primary N) is 1. The van der Waals surface area contributed by atoms with Crippen LogP contribution in [0.5, 0.6) is 0 Å². The molecule has 1 unspecified atom stereocenters. The topological polar surface area (TPSA) is 29.3 Å². The van der Waals surface area contributed by atoms with Gasteiger partial charge < -0.3 is 5.73 Å². The van der Waals surface area contributed by atoms with E-state index in [4.69, 9.17) is 5.73 Å². The minimum atomic E-state index is -4.07. The van der Waals surface area contributed by atoms with Crippen molar-refractivity contribution in [2.45, 2.75) is 25.1 Å². The van der Waals surface area contributed by atoms with Crippen molar-refractivity contribution < 1.29 is 13.2 Å². The summed E-state index contributed by atoms with van der Waals surface area (Å²) in [5, 5.41) is 0. The Labute approximate surface area is 125 Å². The molecule has 1 atom stereocenters. The van der Waals surface area contributed by atoms with Crippen molar-refractivity contribution in [3.8, 4) is 0 Å². The lowest BCUT2D eigenvalue weighted by Gasteiger charge is -2.37. The van der Waals surface area contributed by atoms with E-state index in [2.05, 4.69) is 20.8 Å². The van der Waals surface area contributed by atoms with Gasteiger partial charge in [0.25, 0.3) is 0 Å². The lowest BCUT2D eigenvalue weighted by molar-refractivity contribution is -0.186. The molecule has 0 spiro atoms. The Kier molecular flexibility index (Phi) is 5.09. The molecule has 6 heteroatoms. The van der Waals surface area contributed by atoms with Crippen LogP contribution in [-0.2, 0) is 0 Å². The Balaban J connectivity index is 2.04. The van der Waals surface area contributed by atoms with Crippen LogP contribution in [0.15, 0.2) is 28.7 Å². The number of likely N-dealkylation sites (tertiary alicyclic amines) is 1. The predicted octanol–water partition coefficient (Wildman–Crippen LogP) is 3.72. The van der Waals surface area contributed by atoms with Gasteiger partial charge in [0.05, 0.1) is 5.92 Å². The second kappa shape index (κ2) is 6.45. The van der Waals surface area contributed by atoms with Gasteiger partial charge in [-0.2, -0.15) is 13.2 Å². The van der Waals surface area contributed by atoms with Crippen LogP contribution < -0.4 is 5.73 Å². The fraction of sp³-hybridized carbons (Fsp3) is 0.571. The smallest absolute Gasteiger partial charge is 0.329 e. The third-order valence-electron chi connectivity index (χ3n) is 3.89. The van der Waals surface area contributed by atoms with Gasteiger partial charge in [-0.1, -0.05) is 28.1 Å². The molecular weight excluding hydrogens is 333 g/mol. The molecule has 0 amide bonds. The van der Waals surface area contributed by atoms with E-state index in [0.717, 1.165) is 10.0 Å². The first kappa shape index (κ1) is 15.8. The molecular formula is C14H18BrF3N2. The van der Waals surface area contributed by atoms with Crippen LogP contribution in [0.25, 0.3) is 0 Å². The number of piperidine rings is 1. The first-order valence-electron chi connectivity index (χ1n) is 6.68. The molecule has 1 aliphatic rings. The second-order valence-corrected chi connectivity index (χ2v) is 6.07. The summed E-state index contributed by atoms with van der Waals surface area (Å²) >= 11 is 3.41. The quantitative estimate of drug-likeness (QED) is 0.899. The molecule has 1 fully saturated rings. The summed E-state index contributed by atoms with van der Waals surface area (Å²) in [5.74, 6) is -1.17. The SMILES string of the molecule is NCC(c1cccc(Br)c1)N1CCC(C(F)(F)F)CC1. The Hall–Kier alpha value is -0.590. The number of halogens is 4. The first-order valence-corrected chi connectivity index (χ1v) is 7.47. The molecule has 1 aromatic carbocycles. The summed E-state index contributed by atoms with van der Waals surface area (Å²) in [6.45, 7) is 1.30. The predicted molar refractivity (Wildman–Crippen MR) is 76.3 cm³/mol. The van der Waals surface area contributed by atoms with Crippen LogP contribution in [0.2, 0.25) is 0 Å². The normalized spacial score (nSPS) is 20.1. The summed E-state index contributed by atoms with van der Waals surface area (Å²) in [5.41, 5.74) is 6.88. The molecule has 1 saturated heterocycles. The van der Waals surface area contributed by atoms with Crippen LogP contribution >= 0.6 is 15.9 Å². The maximum atomic E-state index is 12.7. The van der Waals surface area contributed by atoms with Gasteiger partial charge >= 0.3 is 6.18 Å². The van der Waals surface area contributed by atoms with Gasteiger partial charge in [0.15, 0.2) is 0 Å². The molecule has 20 heavy (non-hydrogen) atoms. The summed E-state index contributed by atoms with van der Waals surface area (Å²) in [6, 6.07) is 7.78. The molecule has 2 rings (SSSR count). The molecule has 1 heterocycles. The molecule has 0 bridgehead atoms. The van der Waals surface area contributed by atoms with Gasteiger partial charge in [-0.3, -0.25) is 4.90 Å². The lowest BCUT2D eigenvalue weighted by atomic mass is 9.94. The minimum absolute atomic E-state index is 0.0123. The van der Waals surface area contributed by atoms with Crippen LogP contribution in [0.1, 0.15) is 24.4 Å². The highest BCUT2D eigenvalue weighted by Crippen LogP contribution is 2.36. The van der Waals surface area contributed by atoms with Crippen LogP contribution in [-0.4, -0.2) is 30.7 Å². The van der Waals surface area contributed by atoms with E-state index < -0.39 is 12.1 Å². The van der Waals surface area contributed by atoms with Crippen LogP contribution in [0, 0.1) is 5.92 Å². The van der Waals surface area contributed by atoms with Gasteiger partial charge in [0, 0.05) is 17.1 Å². The molecule has 112 valence electrons. The molecule has 1 aliphatic heterocycles. The minimum Gasteiger partial charge on any atom is -0.329 e. The number of rotatable bonds is 3. The highest BCUT2D eigenvalue weighted by atomic mass is 79.9. The van der Waals surface area contributed by atoms with E-state index in [1.807, 2.05) is 24.3 Å². The summed E-state index contributed by atoms with van der Waals surface area (Å²) < 4.78 is 39.0. The van der Waals surface area contributed by atoms with Gasteiger partial charge in [0.2, 0.25) is 0 Å². The highest BCUT2D eigenvalue weighted by molar-refractivity contribution is 9.10. The average molecular weight is 351 g/mol. The van der Waals surface area contributed by atoms with E-state index in [0.29, 0.717) is 19.6 Å². The first-order chi connectivity index (χ1) is 9.41.